The fourth-order valence-electron chi connectivity index (χ4n) is 4.05. The normalized spacial score (nSPS) is 12.9. The summed E-state index contributed by atoms with van der Waals surface area (Å²) in [6, 6.07) is 9.53. The molecule has 4 aromatic rings. The standard InChI is InChI=1S/C25H21NO7S/c1-30-25(29)23-15-5-2-3-7-21(15)34-24(23)26-22(28)13-32-14-8-9-18-16(11-14)17(27)12-20(33-18)19-6-4-10-31-19/h4,6,8-12H,2-3,5,7,13H2,1H3,(H,26,28). The van der Waals surface area contributed by atoms with E-state index < -0.39 is 11.9 Å². The van der Waals surface area contributed by atoms with E-state index in [1.807, 2.05) is 0 Å². The number of anilines is 1. The Bertz CT molecular complexity index is 1430. The number of nitrogens with one attached hydrogen (secondary N) is 1. The van der Waals surface area contributed by atoms with Gasteiger partial charge in [0.1, 0.15) is 16.3 Å². The zero-order valence-corrected chi connectivity index (χ0v) is 19.2. The molecule has 0 atom stereocenters. The highest BCUT2D eigenvalue weighted by Crippen LogP contribution is 2.38. The van der Waals surface area contributed by atoms with Gasteiger partial charge < -0.3 is 23.6 Å². The molecule has 1 aliphatic carbocycles. The molecule has 0 bridgehead atoms. The third-order valence-electron chi connectivity index (χ3n) is 5.65. The van der Waals surface area contributed by atoms with E-state index in [1.54, 1.807) is 24.3 Å². The molecular weight excluding hydrogens is 458 g/mol. The van der Waals surface area contributed by atoms with Crippen molar-refractivity contribution in [2.75, 3.05) is 19.0 Å². The number of amides is 1. The number of furan rings is 1. The Balaban J connectivity index is 1.31. The molecule has 1 N–H and O–H groups in total. The third-order valence-corrected chi connectivity index (χ3v) is 6.85. The molecule has 0 aliphatic heterocycles. The van der Waals surface area contributed by atoms with Gasteiger partial charge in [-0.1, -0.05) is 0 Å². The maximum atomic E-state index is 12.6. The van der Waals surface area contributed by atoms with Crippen molar-refractivity contribution in [3.8, 4) is 17.3 Å². The van der Waals surface area contributed by atoms with E-state index in [-0.39, 0.29) is 12.0 Å². The highest BCUT2D eigenvalue weighted by atomic mass is 32.1. The minimum atomic E-state index is -0.453. The molecule has 1 aromatic carbocycles. The number of ether oxygens (including phenoxy) is 2. The van der Waals surface area contributed by atoms with Crippen LogP contribution >= 0.6 is 11.3 Å². The van der Waals surface area contributed by atoms with Crippen molar-refractivity contribution in [2.24, 2.45) is 0 Å². The number of rotatable bonds is 6. The summed E-state index contributed by atoms with van der Waals surface area (Å²) in [5.41, 5.74) is 1.53. The van der Waals surface area contributed by atoms with Crippen LogP contribution in [-0.4, -0.2) is 25.6 Å². The zero-order chi connectivity index (χ0) is 23.7. The fraction of sp³-hybridized carbons (Fsp3) is 0.240. The van der Waals surface area contributed by atoms with Crippen molar-refractivity contribution in [2.45, 2.75) is 25.7 Å². The summed E-state index contributed by atoms with van der Waals surface area (Å²) < 4.78 is 21.6. The second kappa shape index (κ2) is 9.18. The highest BCUT2D eigenvalue weighted by molar-refractivity contribution is 7.17. The molecular formula is C25H21NO7S. The summed E-state index contributed by atoms with van der Waals surface area (Å²) in [5.74, 6) is 0.266. The van der Waals surface area contributed by atoms with Crippen molar-refractivity contribution in [1.29, 1.82) is 0 Å². The summed E-state index contributed by atoms with van der Waals surface area (Å²) in [7, 11) is 1.33. The van der Waals surface area contributed by atoms with Gasteiger partial charge in [-0.25, -0.2) is 4.79 Å². The zero-order valence-electron chi connectivity index (χ0n) is 18.3. The first-order chi connectivity index (χ1) is 16.5. The number of carbonyl (C=O) groups excluding carboxylic acids is 2. The van der Waals surface area contributed by atoms with Crippen molar-refractivity contribution in [1.82, 2.24) is 0 Å². The number of carbonyl (C=O) groups is 2. The van der Waals surface area contributed by atoms with Crippen LogP contribution in [0.25, 0.3) is 22.5 Å². The summed E-state index contributed by atoms with van der Waals surface area (Å²) >= 11 is 1.41. The van der Waals surface area contributed by atoms with Crippen LogP contribution in [0.15, 0.2) is 56.3 Å². The van der Waals surface area contributed by atoms with Gasteiger partial charge in [-0.3, -0.25) is 9.59 Å². The number of hydrogen-bond acceptors (Lipinski definition) is 8. The molecule has 0 saturated heterocycles. The van der Waals surface area contributed by atoms with Crippen LogP contribution in [0.5, 0.6) is 5.75 Å². The average Bonchev–Trinajstić information content (AvgIpc) is 3.50. The first-order valence-corrected chi connectivity index (χ1v) is 11.6. The first kappa shape index (κ1) is 22.0. The maximum absolute atomic E-state index is 12.6. The molecule has 3 heterocycles. The van der Waals surface area contributed by atoms with Gasteiger partial charge in [0, 0.05) is 10.9 Å². The molecule has 1 amide bonds. The van der Waals surface area contributed by atoms with Crippen molar-refractivity contribution < 1.29 is 27.9 Å². The SMILES string of the molecule is COC(=O)c1c(NC(=O)COc2ccc3oc(-c4ccco4)cc(=O)c3c2)sc2c1CCCC2. The first-order valence-electron chi connectivity index (χ1n) is 10.8. The smallest absolute Gasteiger partial charge is 0.341 e. The van der Waals surface area contributed by atoms with Gasteiger partial charge in [0.15, 0.2) is 23.6 Å². The molecule has 0 saturated carbocycles. The second-order valence-electron chi connectivity index (χ2n) is 7.85. The van der Waals surface area contributed by atoms with Crippen molar-refractivity contribution in [3.63, 3.8) is 0 Å². The lowest BCUT2D eigenvalue weighted by atomic mass is 9.95. The Kier molecular flexibility index (Phi) is 5.93. The molecule has 9 heteroatoms. The van der Waals surface area contributed by atoms with Gasteiger partial charge in [-0.15, -0.1) is 11.3 Å². The second-order valence-corrected chi connectivity index (χ2v) is 8.96. The fourth-order valence-corrected chi connectivity index (χ4v) is 5.34. The summed E-state index contributed by atoms with van der Waals surface area (Å²) in [6.07, 6.45) is 5.25. The molecule has 0 unspecified atom stereocenters. The third kappa shape index (κ3) is 4.22. The molecule has 0 spiro atoms. The molecule has 3 aromatic heterocycles. The van der Waals surface area contributed by atoms with E-state index in [1.165, 1.54) is 36.8 Å². The Hall–Kier alpha value is -3.85. The predicted molar refractivity (Wildman–Crippen MR) is 127 cm³/mol. The van der Waals surface area contributed by atoms with Gasteiger partial charge in [-0.2, -0.15) is 0 Å². The number of aryl methyl sites for hydroxylation is 1. The summed E-state index contributed by atoms with van der Waals surface area (Å²) in [4.78, 5) is 38.6. The maximum Gasteiger partial charge on any atom is 0.341 e. The van der Waals surface area contributed by atoms with E-state index >= 15 is 0 Å². The quantitative estimate of drug-likeness (QED) is 0.396. The van der Waals surface area contributed by atoms with E-state index in [0.717, 1.165) is 36.1 Å². The molecule has 0 fully saturated rings. The van der Waals surface area contributed by atoms with E-state index in [0.29, 0.717) is 38.8 Å². The molecule has 34 heavy (non-hydrogen) atoms. The van der Waals surface area contributed by atoms with Crippen LogP contribution in [0, 0.1) is 0 Å². The minimum absolute atomic E-state index is 0.255. The largest absolute Gasteiger partial charge is 0.484 e. The minimum Gasteiger partial charge on any atom is -0.484 e. The molecule has 8 nitrogen and oxygen atoms in total. The van der Waals surface area contributed by atoms with Gasteiger partial charge in [0.25, 0.3) is 5.91 Å². The number of hydrogen-bond donors (Lipinski definition) is 1. The topological polar surface area (TPSA) is 108 Å². The highest BCUT2D eigenvalue weighted by Gasteiger charge is 2.27. The Morgan fingerprint density at radius 2 is 1.97 bits per heavy atom. The summed E-state index contributed by atoms with van der Waals surface area (Å²) in [5, 5.41) is 3.60. The van der Waals surface area contributed by atoms with Gasteiger partial charge >= 0.3 is 5.97 Å². The number of fused-ring (bicyclic) bond motifs is 2. The Labute approximate surface area is 198 Å². The average molecular weight is 480 g/mol. The van der Waals surface area contributed by atoms with Crippen LogP contribution in [-0.2, 0) is 22.4 Å². The lowest BCUT2D eigenvalue weighted by Crippen LogP contribution is -2.21. The Morgan fingerprint density at radius 1 is 1.12 bits per heavy atom. The summed E-state index contributed by atoms with van der Waals surface area (Å²) in [6.45, 7) is -0.287. The number of esters is 1. The number of benzene rings is 1. The predicted octanol–water partition coefficient (Wildman–Crippen LogP) is 4.80. The van der Waals surface area contributed by atoms with Crippen molar-refractivity contribution in [3.05, 3.63) is 68.9 Å². The molecule has 1 aliphatic rings. The lowest BCUT2D eigenvalue weighted by molar-refractivity contribution is -0.118. The van der Waals surface area contributed by atoms with E-state index in [9.17, 15) is 14.4 Å². The van der Waals surface area contributed by atoms with Crippen molar-refractivity contribution >= 4 is 39.2 Å². The van der Waals surface area contributed by atoms with Crippen LogP contribution in [0.1, 0.15) is 33.6 Å². The van der Waals surface area contributed by atoms with Gasteiger partial charge in [0.05, 0.1) is 24.3 Å². The van der Waals surface area contributed by atoms with Crippen LogP contribution in [0.4, 0.5) is 5.00 Å². The number of thiophene rings is 1. The molecule has 0 radical (unpaired) electrons. The van der Waals surface area contributed by atoms with Crippen LogP contribution in [0.3, 0.4) is 0 Å². The Morgan fingerprint density at radius 3 is 2.76 bits per heavy atom. The monoisotopic (exact) mass is 479 g/mol. The van der Waals surface area contributed by atoms with Crippen LogP contribution in [0.2, 0.25) is 0 Å². The van der Waals surface area contributed by atoms with Gasteiger partial charge in [0.2, 0.25) is 0 Å². The van der Waals surface area contributed by atoms with E-state index in [4.69, 9.17) is 18.3 Å². The van der Waals surface area contributed by atoms with Gasteiger partial charge in [-0.05, 0) is 61.6 Å². The molecule has 174 valence electrons. The van der Waals surface area contributed by atoms with Crippen LogP contribution < -0.4 is 15.5 Å². The molecule has 5 rings (SSSR count). The van der Waals surface area contributed by atoms with E-state index in [2.05, 4.69) is 5.32 Å². The number of methoxy groups -OCH3 is 1. The lowest BCUT2D eigenvalue weighted by Gasteiger charge is -2.12.